The van der Waals surface area contributed by atoms with E-state index in [1.165, 1.54) is 0 Å². The average Bonchev–Trinajstić information content (AvgIpc) is 2.16. The van der Waals surface area contributed by atoms with Gasteiger partial charge in [-0.05, 0) is 31.1 Å². The molecule has 0 amide bonds. The summed E-state index contributed by atoms with van der Waals surface area (Å²) in [6, 6.07) is 0. The summed E-state index contributed by atoms with van der Waals surface area (Å²) in [5.74, 6) is 0. The van der Waals surface area contributed by atoms with Gasteiger partial charge in [0.25, 0.3) is 0 Å². The van der Waals surface area contributed by atoms with E-state index in [4.69, 9.17) is 10.5 Å². The molecule has 0 aliphatic heterocycles. The van der Waals surface area contributed by atoms with Gasteiger partial charge in [0.15, 0.2) is 0 Å². The van der Waals surface area contributed by atoms with Crippen LogP contribution in [-0.2, 0) is 4.74 Å². The molecular weight excluding hydrogens is 219 g/mol. The first-order valence-corrected chi connectivity index (χ1v) is 5.59. The third-order valence-electron chi connectivity index (χ3n) is 3.43. The van der Waals surface area contributed by atoms with Gasteiger partial charge in [-0.15, -0.1) is 0 Å². The number of alkyl halides is 3. The Kier molecular flexibility index (Phi) is 3.90. The van der Waals surface area contributed by atoms with Crippen molar-refractivity contribution >= 4 is 0 Å². The third kappa shape index (κ3) is 3.94. The molecule has 1 aliphatic carbocycles. The van der Waals surface area contributed by atoms with Crippen LogP contribution in [0, 0.1) is 5.41 Å². The van der Waals surface area contributed by atoms with Gasteiger partial charge in [-0.25, -0.2) is 0 Å². The lowest BCUT2D eigenvalue weighted by molar-refractivity contribution is -0.212. The molecule has 1 rings (SSSR count). The summed E-state index contributed by atoms with van der Waals surface area (Å²) in [6.07, 6.45) is -1.31. The number of halogens is 3. The zero-order valence-electron chi connectivity index (χ0n) is 9.86. The second-order valence-electron chi connectivity index (χ2n) is 5.46. The van der Waals surface area contributed by atoms with E-state index < -0.39 is 18.4 Å². The number of ether oxygens (including phenoxy) is 1. The van der Waals surface area contributed by atoms with E-state index >= 15 is 0 Å². The molecule has 1 aliphatic rings. The standard InChI is InChI=1S/C11H20F3NO/c1-9(2)3-5-10(7-15,6-4-9)16-8-11(12,13)14/h3-8,15H2,1-2H3. The Hall–Kier alpha value is -0.290. The quantitative estimate of drug-likeness (QED) is 0.822. The van der Waals surface area contributed by atoms with Gasteiger partial charge in [0.2, 0.25) is 0 Å². The van der Waals surface area contributed by atoms with Crippen molar-refractivity contribution in [2.45, 2.75) is 51.3 Å². The molecule has 16 heavy (non-hydrogen) atoms. The van der Waals surface area contributed by atoms with E-state index in [2.05, 4.69) is 13.8 Å². The van der Waals surface area contributed by atoms with Gasteiger partial charge in [-0.1, -0.05) is 13.8 Å². The average molecular weight is 239 g/mol. The summed E-state index contributed by atoms with van der Waals surface area (Å²) in [4.78, 5) is 0. The van der Waals surface area contributed by atoms with Crippen molar-refractivity contribution in [1.82, 2.24) is 0 Å². The van der Waals surface area contributed by atoms with Crippen LogP contribution in [0.1, 0.15) is 39.5 Å². The maximum absolute atomic E-state index is 12.1. The third-order valence-corrected chi connectivity index (χ3v) is 3.43. The van der Waals surface area contributed by atoms with Crippen molar-refractivity contribution in [3.05, 3.63) is 0 Å². The lowest BCUT2D eigenvalue weighted by Crippen LogP contribution is -2.47. The van der Waals surface area contributed by atoms with E-state index in [9.17, 15) is 13.2 Å². The van der Waals surface area contributed by atoms with Gasteiger partial charge < -0.3 is 10.5 Å². The van der Waals surface area contributed by atoms with Gasteiger partial charge in [-0.2, -0.15) is 13.2 Å². The second-order valence-corrected chi connectivity index (χ2v) is 5.46. The Balaban J connectivity index is 2.53. The fraction of sp³-hybridized carbons (Fsp3) is 1.00. The maximum atomic E-state index is 12.1. The molecule has 1 saturated carbocycles. The predicted octanol–water partition coefficient (Wildman–Crippen LogP) is 2.86. The van der Waals surface area contributed by atoms with Crippen LogP contribution in [0.25, 0.3) is 0 Å². The SMILES string of the molecule is CC1(C)CCC(CN)(OCC(F)(F)F)CC1. The molecule has 0 heterocycles. The lowest BCUT2D eigenvalue weighted by Gasteiger charge is -2.42. The highest BCUT2D eigenvalue weighted by atomic mass is 19.4. The molecule has 0 saturated heterocycles. The maximum Gasteiger partial charge on any atom is 0.411 e. The Labute approximate surface area is 94.3 Å². The molecule has 2 nitrogen and oxygen atoms in total. The number of nitrogens with two attached hydrogens (primary N) is 1. The van der Waals surface area contributed by atoms with Crippen LogP contribution in [0.5, 0.6) is 0 Å². The summed E-state index contributed by atoms with van der Waals surface area (Å²) in [6.45, 7) is 3.22. The summed E-state index contributed by atoms with van der Waals surface area (Å²) in [5.41, 5.74) is 5.00. The van der Waals surface area contributed by atoms with Crippen molar-refractivity contribution in [3.63, 3.8) is 0 Å². The number of hydrogen-bond donors (Lipinski definition) is 1. The Morgan fingerprint density at radius 3 is 2.00 bits per heavy atom. The minimum absolute atomic E-state index is 0.166. The smallest absolute Gasteiger partial charge is 0.364 e. The highest BCUT2D eigenvalue weighted by molar-refractivity contribution is 4.91. The number of rotatable bonds is 3. The van der Waals surface area contributed by atoms with E-state index in [0.29, 0.717) is 12.8 Å². The van der Waals surface area contributed by atoms with Crippen molar-refractivity contribution < 1.29 is 17.9 Å². The fourth-order valence-electron chi connectivity index (χ4n) is 2.02. The van der Waals surface area contributed by atoms with E-state index in [-0.39, 0.29) is 12.0 Å². The minimum Gasteiger partial charge on any atom is -0.364 e. The molecule has 1 fully saturated rings. The van der Waals surface area contributed by atoms with Gasteiger partial charge in [0.1, 0.15) is 6.61 Å². The zero-order chi connectivity index (χ0) is 12.4. The van der Waals surface area contributed by atoms with E-state index in [1.54, 1.807) is 0 Å². The van der Waals surface area contributed by atoms with Crippen molar-refractivity contribution in [2.75, 3.05) is 13.2 Å². The van der Waals surface area contributed by atoms with Crippen molar-refractivity contribution in [3.8, 4) is 0 Å². The first-order chi connectivity index (χ1) is 7.18. The van der Waals surface area contributed by atoms with Gasteiger partial charge >= 0.3 is 6.18 Å². The molecule has 0 aromatic rings. The monoisotopic (exact) mass is 239 g/mol. The topological polar surface area (TPSA) is 35.2 Å². The zero-order valence-corrected chi connectivity index (χ0v) is 9.86. The van der Waals surface area contributed by atoms with Crippen LogP contribution in [0.3, 0.4) is 0 Å². The van der Waals surface area contributed by atoms with Crippen LogP contribution in [0.4, 0.5) is 13.2 Å². The van der Waals surface area contributed by atoms with Gasteiger partial charge in [0.05, 0.1) is 5.60 Å². The first-order valence-electron chi connectivity index (χ1n) is 5.59. The summed E-state index contributed by atoms with van der Waals surface area (Å²) in [7, 11) is 0. The van der Waals surface area contributed by atoms with E-state index in [0.717, 1.165) is 12.8 Å². The Morgan fingerprint density at radius 2 is 1.62 bits per heavy atom. The fourth-order valence-corrected chi connectivity index (χ4v) is 2.02. The molecule has 2 N–H and O–H groups in total. The predicted molar refractivity (Wildman–Crippen MR) is 56.0 cm³/mol. The van der Waals surface area contributed by atoms with Crippen molar-refractivity contribution in [1.29, 1.82) is 0 Å². The molecule has 96 valence electrons. The number of hydrogen-bond acceptors (Lipinski definition) is 2. The summed E-state index contributed by atoms with van der Waals surface area (Å²) >= 11 is 0. The first kappa shape index (κ1) is 13.8. The molecule has 0 atom stereocenters. The molecular formula is C11H20F3NO. The molecule has 0 spiro atoms. The highest BCUT2D eigenvalue weighted by Crippen LogP contribution is 2.42. The lowest BCUT2D eigenvalue weighted by atomic mass is 9.71. The van der Waals surface area contributed by atoms with E-state index in [1.807, 2.05) is 0 Å². The Morgan fingerprint density at radius 1 is 1.12 bits per heavy atom. The molecule has 0 unspecified atom stereocenters. The van der Waals surface area contributed by atoms with Crippen LogP contribution < -0.4 is 5.73 Å². The van der Waals surface area contributed by atoms with Crippen LogP contribution in [0.15, 0.2) is 0 Å². The van der Waals surface area contributed by atoms with Crippen LogP contribution in [0.2, 0.25) is 0 Å². The highest BCUT2D eigenvalue weighted by Gasteiger charge is 2.41. The van der Waals surface area contributed by atoms with Crippen LogP contribution >= 0.6 is 0 Å². The molecule has 0 bridgehead atoms. The molecule has 0 radical (unpaired) electrons. The largest absolute Gasteiger partial charge is 0.411 e. The van der Waals surface area contributed by atoms with Crippen molar-refractivity contribution in [2.24, 2.45) is 11.1 Å². The molecule has 0 aromatic heterocycles. The summed E-state index contributed by atoms with van der Waals surface area (Å²) in [5, 5.41) is 0. The minimum atomic E-state index is -4.27. The summed E-state index contributed by atoms with van der Waals surface area (Å²) < 4.78 is 41.3. The van der Waals surface area contributed by atoms with Gasteiger partial charge in [-0.3, -0.25) is 0 Å². The molecule has 0 aromatic carbocycles. The van der Waals surface area contributed by atoms with Gasteiger partial charge in [0, 0.05) is 6.54 Å². The molecule has 5 heteroatoms. The Bertz CT molecular complexity index is 228. The second kappa shape index (κ2) is 4.53. The van der Waals surface area contributed by atoms with Crippen LogP contribution in [-0.4, -0.2) is 24.9 Å². The normalized spacial score (nSPS) is 24.4.